The van der Waals surface area contributed by atoms with Gasteiger partial charge in [-0.1, -0.05) is 66.7 Å². The summed E-state index contributed by atoms with van der Waals surface area (Å²) >= 11 is 0. The highest BCUT2D eigenvalue weighted by Gasteiger charge is 2.13. The van der Waals surface area contributed by atoms with E-state index in [0.29, 0.717) is 12.4 Å². The van der Waals surface area contributed by atoms with Gasteiger partial charge in [0.25, 0.3) is 0 Å². The molecule has 0 amide bonds. The molecule has 6 rings (SSSR count). The van der Waals surface area contributed by atoms with E-state index in [1.165, 1.54) is 0 Å². The third-order valence-electron chi connectivity index (χ3n) is 5.59. The first-order valence-corrected chi connectivity index (χ1v) is 9.89. The number of nitrogens with two attached hydrogens (primary N) is 1. The maximum atomic E-state index is 6.41. The molecular formula is C26H18N2O2. The van der Waals surface area contributed by atoms with Crippen LogP contribution in [0.25, 0.3) is 43.9 Å². The fraction of sp³-hybridized carbons (Fsp3) is 0.0385. The van der Waals surface area contributed by atoms with Crippen molar-refractivity contribution in [2.75, 3.05) is 0 Å². The fourth-order valence-corrected chi connectivity index (χ4v) is 4.13. The van der Waals surface area contributed by atoms with Gasteiger partial charge in [0.1, 0.15) is 28.2 Å². The van der Waals surface area contributed by atoms with Gasteiger partial charge in [-0.25, -0.2) is 0 Å². The van der Waals surface area contributed by atoms with Gasteiger partial charge in [-0.15, -0.1) is 0 Å². The van der Waals surface area contributed by atoms with Crippen LogP contribution in [0, 0.1) is 0 Å². The van der Waals surface area contributed by atoms with E-state index in [2.05, 4.69) is 23.2 Å². The molecule has 0 unspecified atom stereocenters. The van der Waals surface area contributed by atoms with Crippen LogP contribution < -0.4 is 5.73 Å². The van der Waals surface area contributed by atoms with E-state index in [-0.39, 0.29) is 0 Å². The maximum Gasteiger partial charge on any atom is 0.146 e. The van der Waals surface area contributed by atoms with Gasteiger partial charge in [0, 0.05) is 27.1 Å². The summed E-state index contributed by atoms with van der Waals surface area (Å²) in [5.41, 5.74) is 11.6. The molecule has 4 heteroatoms. The molecular weight excluding hydrogens is 372 g/mol. The van der Waals surface area contributed by atoms with Crippen molar-refractivity contribution in [3.05, 3.63) is 96.1 Å². The third kappa shape index (κ3) is 2.51. The predicted octanol–water partition coefficient (Wildman–Crippen LogP) is 6.39. The highest BCUT2D eigenvalue weighted by Crippen LogP contribution is 2.32. The van der Waals surface area contributed by atoms with Gasteiger partial charge in [-0.2, -0.15) is 0 Å². The van der Waals surface area contributed by atoms with E-state index >= 15 is 0 Å². The molecule has 0 bridgehead atoms. The number of benzene rings is 4. The molecule has 0 aliphatic rings. The highest BCUT2D eigenvalue weighted by atomic mass is 16.3. The summed E-state index contributed by atoms with van der Waals surface area (Å²) in [5, 5.41) is 4.32. The first-order chi connectivity index (χ1) is 14.8. The molecule has 0 fully saturated rings. The lowest BCUT2D eigenvalue weighted by Gasteiger charge is -2.03. The molecule has 4 aromatic carbocycles. The first kappa shape index (κ1) is 16.9. The summed E-state index contributed by atoms with van der Waals surface area (Å²) < 4.78 is 12.2. The van der Waals surface area contributed by atoms with Crippen LogP contribution in [0.4, 0.5) is 0 Å². The van der Waals surface area contributed by atoms with Crippen molar-refractivity contribution in [2.45, 2.75) is 6.54 Å². The van der Waals surface area contributed by atoms with E-state index < -0.39 is 0 Å². The topological polar surface area (TPSA) is 64.7 Å². The van der Waals surface area contributed by atoms with Crippen molar-refractivity contribution in [3.8, 4) is 0 Å². The summed E-state index contributed by atoms with van der Waals surface area (Å²) in [5.74, 6) is 0.452. The van der Waals surface area contributed by atoms with Gasteiger partial charge in [0.05, 0.1) is 12.1 Å². The molecule has 30 heavy (non-hydrogen) atoms. The first-order valence-electron chi connectivity index (χ1n) is 9.89. The average Bonchev–Trinajstić information content (AvgIpc) is 3.36. The van der Waals surface area contributed by atoms with Crippen molar-refractivity contribution in [3.63, 3.8) is 0 Å². The Kier molecular flexibility index (Phi) is 3.65. The quantitative estimate of drug-likeness (QED) is 0.281. The molecule has 2 heterocycles. The molecule has 0 saturated heterocycles. The lowest BCUT2D eigenvalue weighted by atomic mass is 10.1. The Bertz CT molecular complexity index is 1590. The SMILES string of the molecule is NC(=NCc1cccc2c1oc1ccccc12)c1cccc2c1oc1ccccc12. The zero-order valence-electron chi connectivity index (χ0n) is 16.1. The minimum atomic E-state index is 0.430. The van der Waals surface area contributed by atoms with Crippen LogP contribution in [0.1, 0.15) is 11.1 Å². The van der Waals surface area contributed by atoms with Gasteiger partial charge in [0.2, 0.25) is 0 Å². The smallest absolute Gasteiger partial charge is 0.146 e. The number of furan rings is 2. The summed E-state index contributed by atoms with van der Waals surface area (Å²) in [7, 11) is 0. The Hall–Kier alpha value is -4.05. The second kappa shape index (κ2) is 6.49. The van der Waals surface area contributed by atoms with Gasteiger partial charge in [0.15, 0.2) is 0 Å². The molecule has 6 aromatic rings. The molecule has 0 radical (unpaired) electrons. The Morgan fingerprint density at radius 2 is 1.20 bits per heavy atom. The molecule has 4 nitrogen and oxygen atoms in total. The second-order valence-electron chi connectivity index (χ2n) is 7.37. The van der Waals surface area contributed by atoms with Crippen LogP contribution in [0.5, 0.6) is 0 Å². The van der Waals surface area contributed by atoms with Crippen molar-refractivity contribution >= 4 is 49.7 Å². The van der Waals surface area contributed by atoms with Crippen LogP contribution in [0.15, 0.2) is 98.8 Å². The van der Waals surface area contributed by atoms with Crippen molar-refractivity contribution < 1.29 is 8.83 Å². The van der Waals surface area contributed by atoms with Crippen LogP contribution in [-0.2, 0) is 6.54 Å². The van der Waals surface area contributed by atoms with E-state index in [4.69, 9.17) is 14.6 Å². The summed E-state index contributed by atoms with van der Waals surface area (Å²) in [6.07, 6.45) is 0. The zero-order valence-corrected chi connectivity index (χ0v) is 16.1. The molecule has 144 valence electrons. The van der Waals surface area contributed by atoms with Crippen LogP contribution in [0.3, 0.4) is 0 Å². The summed E-state index contributed by atoms with van der Waals surface area (Å²) in [6.45, 7) is 0.430. The van der Waals surface area contributed by atoms with Crippen molar-refractivity contribution in [1.29, 1.82) is 0 Å². The molecule has 2 N–H and O–H groups in total. The lowest BCUT2D eigenvalue weighted by Crippen LogP contribution is -2.13. The number of fused-ring (bicyclic) bond motifs is 6. The molecule has 2 aromatic heterocycles. The standard InChI is InChI=1S/C26H18N2O2/c27-26(21-12-6-11-20-18-9-2-4-14-23(18)30-25(20)21)28-15-16-7-5-10-19-17-8-1-3-13-22(17)29-24(16)19/h1-14H,15H2,(H2,27,28). The third-order valence-corrected chi connectivity index (χ3v) is 5.59. The minimum Gasteiger partial charge on any atom is -0.456 e. The number of aliphatic imine (C=N–C) groups is 1. The molecule has 0 spiro atoms. The summed E-state index contributed by atoms with van der Waals surface area (Å²) in [4.78, 5) is 4.68. The van der Waals surface area contributed by atoms with E-state index in [1.54, 1.807) is 0 Å². The van der Waals surface area contributed by atoms with Gasteiger partial charge < -0.3 is 14.6 Å². The van der Waals surface area contributed by atoms with E-state index in [9.17, 15) is 0 Å². The van der Waals surface area contributed by atoms with Gasteiger partial charge in [-0.3, -0.25) is 4.99 Å². The largest absolute Gasteiger partial charge is 0.456 e. The number of para-hydroxylation sites is 4. The van der Waals surface area contributed by atoms with Crippen LogP contribution in [-0.4, -0.2) is 5.84 Å². The maximum absolute atomic E-state index is 6.41. The number of rotatable bonds is 3. The Morgan fingerprint density at radius 3 is 1.93 bits per heavy atom. The number of hydrogen-bond donors (Lipinski definition) is 1. The minimum absolute atomic E-state index is 0.430. The lowest BCUT2D eigenvalue weighted by molar-refractivity contribution is 0.663. The molecule has 0 saturated carbocycles. The summed E-state index contributed by atoms with van der Waals surface area (Å²) in [6, 6.07) is 28.2. The Labute approximate surface area is 172 Å². The van der Waals surface area contributed by atoms with Crippen LogP contribution >= 0.6 is 0 Å². The zero-order chi connectivity index (χ0) is 20.1. The average molecular weight is 390 g/mol. The predicted molar refractivity (Wildman–Crippen MR) is 122 cm³/mol. The van der Waals surface area contributed by atoms with E-state index in [0.717, 1.165) is 55.0 Å². The normalized spacial score (nSPS) is 12.5. The number of hydrogen-bond acceptors (Lipinski definition) is 3. The number of nitrogens with zero attached hydrogens (tertiary/aromatic N) is 1. The molecule has 0 aliphatic heterocycles. The second-order valence-corrected chi connectivity index (χ2v) is 7.37. The monoisotopic (exact) mass is 390 g/mol. The Morgan fingerprint density at radius 1 is 0.633 bits per heavy atom. The van der Waals surface area contributed by atoms with Crippen LogP contribution in [0.2, 0.25) is 0 Å². The highest BCUT2D eigenvalue weighted by molar-refractivity contribution is 6.14. The van der Waals surface area contributed by atoms with Crippen molar-refractivity contribution in [1.82, 2.24) is 0 Å². The number of amidine groups is 1. The van der Waals surface area contributed by atoms with Gasteiger partial charge >= 0.3 is 0 Å². The van der Waals surface area contributed by atoms with E-state index in [1.807, 2.05) is 66.7 Å². The molecule has 0 atom stereocenters. The molecule has 0 aliphatic carbocycles. The van der Waals surface area contributed by atoms with Gasteiger partial charge in [-0.05, 0) is 18.2 Å². The fourth-order valence-electron chi connectivity index (χ4n) is 4.13. The van der Waals surface area contributed by atoms with Crippen molar-refractivity contribution in [2.24, 2.45) is 10.7 Å². The Balaban J connectivity index is 1.44.